The Morgan fingerprint density at radius 2 is 1.96 bits per heavy atom. The molecule has 0 aliphatic heterocycles. The largest absolute Gasteiger partial charge is 0.462 e. The van der Waals surface area contributed by atoms with Crippen LogP contribution in [-0.4, -0.2) is 49.7 Å². The highest BCUT2D eigenvalue weighted by Crippen LogP contribution is 2.12. The molecule has 1 rings (SSSR count). The van der Waals surface area contributed by atoms with Gasteiger partial charge in [0.1, 0.15) is 13.2 Å². The van der Waals surface area contributed by atoms with Crippen molar-refractivity contribution in [2.24, 2.45) is 0 Å². The maximum Gasteiger partial charge on any atom is 0.325 e. The smallest absolute Gasteiger partial charge is 0.325 e. The minimum absolute atomic E-state index is 0.0573. The monoisotopic (exact) mass is 321 g/mol. The van der Waals surface area contributed by atoms with Crippen molar-refractivity contribution in [3.05, 3.63) is 35.4 Å². The Bertz CT molecular complexity index is 513. The van der Waals surface area contributed by atoms with Crippen LogP contribution in [0.5, 0.6) is 0 Å². The van der Waals surface area contributed by atoms with Crippen LogP contribution in [-0.2, 0) is 20.7 Å². The lowest BCUT2D eigenvalue weighted by atomic mass is 10.1. The van der Waals surface area contributed by atoms with Crippen LogP contribution in [0.3, 0.4) is 0 Å². The van der Waals surface area contributed by atoms with Crippen molar-refractivity contribution in [2.75, 3.05) is 26.9 Å². The van der Waals surface area contributed by atoms with Crippen LogP contribution in [0.25, 0.3) is 0 Å². The fraction of sp³-hybridized carbons (Fsp3) is 0.556. The highest BCUT2D eigenvalue weighted by molar-refractivity contribution is 5.96. The van der Waals surface area contributed by atoms with E-state index in [0.29, 0.717) is 12.2 Å². The number of carbonyl (C=O) groups is 2. The molecule has 0 aliphatic carbocycles. The highest BCUT2D eigenvalue weighted by atomic mass is 16.6. The predicted molar refractivity (Wildman–Crippen MR) is 89.4 cm³/mol. The van der Waals surface area contributed by atoms with E-state index in [9.17, 15) is 9.59 Å². The number of amides is 1. The molecule has 1 aromatic rings. The molecular formula is C18H27NO4. The summed E-state index contributed by atoms with van der Waals surface area (Å²) < 4.78 is 9.89. The van der Waals surface area contributed by atoms with Crippen LogP contribution in [0, 0.1) is 0 Å². The Morgan fingerprint density at radius 3 is 2.57 bits per heavy atom. The molecule has 0 aliphatic rings. The van der Waals surface area contributed by atoms with Gasteiger partial charge < -0.3 is 14.4 Å². The summed E-state index contributed by atoms with van der Waals surface area (Å²) in [6.07, 6.45) is 1.96. The first-order chi connectivity index (χ1) is 11.0. The summed E-state index contributed by atoms with van der Waals surface area (Å²) in [5, 5.41) is 0. The quantitative estimate of drug-likeness (QED) is 0.518. The summed E-state index contributed by atoms with van der Waals surface area (Å²) in [6, 6.07) is 7.49. The lowest BCUT2D eigenvalue weighted by Gasteiger charge is -2.26. The van der Waals surface area contributed by atoms with Gasteiger partial charge in [-0.1, -0.05) is 25.5 Å². The number of hydrogen-bond donors (Lipinski definition) is 0. The molecule has 1 amide bonds. The van der Waals surface area contributed by atoms with Crippen molar-refractivity contribution in [3.63, 3.8) is 0 Å². The molecule has 0 spiro atoms. The Hall–Kier alpha value is -1.88. The lowest BCUT2D eigenvalue weighted by molar-refractivity contribution is -0.146. The Kier molecular flexibility index (Phi) is 8.33. The molecular weight excluding hydrogens is 294 g/mol. The number of hydrogen-bond acceptors (Lipinski definition) is 4. The minimum atomic E-state index is -0.422. The second-order valence-corrected chi connectivity index (χ2v) is 5.69. The van der Waals surface area contributed by atoms with E-state index < -0.39 is 5.97 Å². The first-order valence-electron chi connectivity index (χ1n) is 8.04. The average molecular weight is 321 g/mol. The summed E-state index contributed by atoms with van der Waals surface area (Å²) in [5.41, 5.74) is 1.74. The van der Waals surface area contributed by atoms with Crippen LogP contribution in [0.1, 0.15) is 43.1 Å². The number of esters is 1. The maximum absolute atomic E-state index is 12.7. The number of aryl methyl sites for hydroxylation is 1. The second-order valence-electron chi connectivity index (χ2n) is 5.69. The summed E-state index contributed by atoms with van der Waals surface area (Å²) in [4.78, 5) is 26.1. The van der Waals surface area contributed by atoms with Gasteiger partial charge in [-0.05, 0) is 38.0 Å². The second kappa shape index (κ2) is 10.0. The van der Waals surface area contributed by atoms with E-state index in [-0.39, 0.29) is 25.1 Å². The van der Waals surface area contributed by atoms with Crippen molar-refractivity contribution in [1.29, 1.82) is 0 Å². The van der Waals surface area contributed by atoms with E-state index in [1.54, 1.807) is 13.2 Å². The number of rotatable bonds is 9. The minimum Gasteiger partial charge on any atom is -0.462 e. The molecule has 5 heteroatoms. The molecule has 128 valence electrons. The zero-order valence-corrected chi connectivity index (χ0v) is 14.5. The molecule has 23 heavy (non-hydrogen) atoms. The Labute approximate surface area is 138 Å². The summed E-state index contributed by atoms with van der Waals surface area (Å²) in [6.45, 7) is 6.36. The first-order valence-corrected chi connectivity index (χ1v) is 8.04. The van der Waals surface area contributed by atoms with Gasteiger partial charge in [-0.3, -0.25) is 9.59 Å². The van der Waals surface area contributed by atoms with Crippen molar-refractivity contribution in [2.45, 2.75) is 39.7 Å². The molecule has 0 heterocycles. The van der Waals surface area contributed by atoms with Crippen molar-refractivity contribution >= 4 is 11.9 Å². The van der Waals surface area contributed by atoms with Gasteiger partial charge >= 0.3 is 5.97 Å². The molecule has 0 radical (unpaired) electrons. The summed E-state index contributed by atoms with van der Waals surface area (Å²) >= 11 is 0. The fourth-order valence-electron chi connectivity index (χ4n) is 2.23. The zero-order chi connectivity index (χ0) is 17.2. The van der Waals surface area contributed by atoms with E-state index in [1.807, 2.05) is 32.0 Å². The topological polar surface area (TPSA) is 55.8 Å². The van der Waals surface area contributed by atoms with Crippen molar-refractivity contribution in [3.8, 4) is 0 Å². The molecule has 0 saturated heterocycles. The van der Waals surface area contributed by atoms with Gasteiger partial charge in [-0.15, -0.1) is 0 Å². The average Bonchev–Trinajstić information content (AvgIpc) is 2.52. The normalized spacial score (nSPS) is 10.7. The lowest BCUT2D eigenvalue weighted by Crippen LogP contribution is -2.41. The van der Waals surface area contributed by atoms with Crippen LogP contribution >= 0.6 is 0 Å². The first kappa shape index (κ1) is 19.2. The molecule has 5 nitrogen and oxygen atoms in total. The van der Waals surface area contributed by atoms with E-state index in [1.165, 1.54) is 4.90 Å². The van der Waals surface area contributed by atoms with Gasteiger partial charge in [0.05, 0.1) is 6.61 Å². The molecule has 0 bridgehead atoms. The summed E-state index contributed by atoms with van der Waals surface area (Å²) in [7, 11) is 1.54. The van der Waals surface area contributed by atoms with Crippen LogP contribution in [0.15, 0.2) is 24.3 Å². The van der Waals surface area contributed by atoms with Gasteiger partial charge in [0.15, 0.2) is 0 Å². The third kappa shape index (κ3) is 6.40. The molecule has 0 unspecified atom stereocenters. The number of carbonyl (C=O) groups excluding carboxylic acids is 2. The molecule has 0 fully saturated rings. The fourth-order valence-corrected chi connectivity index (χ4v) is 2.23. The Morgan fingerprint density at radius 1 is 1.22 bits per heavy atom. The van der Waals surface area contributed by atoms with Crippen LogP contribution in [0.4, 0.5) is 0 Å². The zero-order valence-electron chi connectivity index (χ0n) is 14.5. The maximum atomic E-state index is 12.7. The van der Waals surface area contributed by atoms with Gasteiger partial charge in [0.2, 0.25) is 0 Å². The number of benzene rings is 1. The van der Waals surface area contributed by atoms with Crippen LogP contribution < -0.4 is 0 Å². The van der Waals surface area contributed by atoms with Crippen molar-refractivity contribution in [1.82, 2.24) is 4.90 Å². The SMILES string of the molecule is CCCc1cccc(C(=O)N(CC(=O)OCCOC)C(C)C)c1. The number of nitrogens with zero attached hydrogens (tertiary/aromatic N) is 1. The van der Waals surface area contributed by atoms with E-state index in [2.05, 4.69) is 6.92 Å². The molecule has 0 N–H and O–H groups in total. The molecule has 0 saturated carbocycles. The van der Waals surface area contributed by atoms with E-state index >= 15 is 0 Å². The van der Waals surface area contributed by atoms with Crippen molar-refractivity contribution < 1.29 is 19.1 Å². The van der Waals surface area contributed by atoms with E-state index in [0.717, 1.165) is 18.4 Å². The van der Waals surface area contributed by atoms with Gasteiger partial charge in [-0.25, -0.2) is 0 Å². The van der Waals surface area contributed by atoms with Crippen LogP contribution in [0.2, 0.25) is 0 Å². The van der Waals surface area contributed by atoms with Gasteiger partial charge in [-0.2, -0.15) is 0 Å². The Balaban J connectivity index is 2.78. The third-order valence-corrected chi connectivity index (χ3v) is 3.45. The third-order valence-electron chi connectivity index (χ3n) is 3.45. The number of methoxy groups -OCH3 is 1. The van der Waals surface area contributed by atoms with Gasteiger partial charge in [0.25, 0.3) is 5.91 Å². The standard InChI is InChI=1S/C18H27NO4/c1-5-7-15-8-6-9-16(12-15)18(21)19(14(2)3)13-17(20)23-11-10-22-4/h6,8-9,12,14H,5,7,10-11,13H2,1-4H3. The predicted octanol–water partition coefficient (Wildman–Crippen LogP) is 2.68. The van der Waals surface area contributed by atoms with E-state index in [4.69, 9.17) is 9.47 Å². The molecule has 0 aromatic heterocycles. The summed E-state index contributed by atoms with van der Waals surface area (Å²) in [5.74, 6) is -0.574. The highest BCUT2D eigenvalue weighted by Gasteiger charge is 2.22. The molecule has 0 atom stereocenters. The molecule has 1 aromatic carbocycles. The van der Waals surface area contributed by atoms with Gasteiger partial charge in [0, 0.05) is 18.7 Å². The number of ether oxygens (including phenoxy) is 2.